The van der Waals surface area contributed by atoms with Gasteiger partial charge in [0.2, 0.25) is 5.91 Å². The predicted molar refractivity (Wildman–Crippen MR) is 120 cm³/mol. The Balaban J connectivity index is 1.81. The average molecular weight is 425 g/mol. The molecule has 30 heavy (non-hydrogen) atoms. The second-order valence-corrected chi connectivity index (χ2v) is 8.19. The number of benzene rings is 2. The average Bonchev–Trinajstić information content (AvgIpc) is 3.15. The minimum absolute atomic E-state index is 0.00898. The zero-order valence-corrected chi connectivity index (χ0v) is 18.7. The molecule has 0 bridgehead atoms. The topological polar surface area (TPSA) is 69.0 Å². The molecule has 0 saturated heterocycles. The predicted octanol–water partition coefficient (Wildman–Crippen LogP) is 4.47. The Bertz CT molecular complexity index is 968. The summed E-state index contributed by atoms with van der Waals surface area (Å²) >= 11 is 1.37. The third-order valence-corrected chi connectivity index (χ3v) is 5.75. The van der Waals surface area contributed by atoms with Crippen molar-refractivity contribution < 1.29 is 9.53 Å². The van der Waals surface area contributed by atoms with Crippen LogP contribution in [0.5, 0.6) is 5.75 Å². The van der Waals surface area contributed by atoms with Crippen molar-refractivity contribution in [3.8, 4) is 11.4 Å². The molecular formula is C23H28N4O2S. The van der Waals surface area contributed by atoms with Crippen LogP contribution < -0.4 is 10.1 Å². The molecule has 3 rings (SSSR count). The zero-order chi connectivity index (χ0) is 21.5. The maximum Gasteiger partial charge on any atom is 0.230 e. The van der Waals surface area contributed by atoms with Crippen LogP contribution in [0.1, 0.15) is 37.2 Å². The standard InChI is InChI=1S/C23H28N4O2S/c1-5-18(4)24-21(28)15-30-23-26-25-20(27(23)19-12-7-6-8-13-19)14-29-22-16(2)10-9-11-17(22)3/h6-13,18H,5,14-15H2,1-4H3,(H,24,28)/t18-/m0/s1. The Kier molecular flexibility index (Phi) is 7.52. The highest BCUT2D eigenvalue weighted by molar-refractivity contribution is 7.99. The molecule has 1 amide bonds. The quantitative estimate of drug-likeness (QED) is 0.513. The number of para-hydroxylation sites is 2. The van der Waals surface area contributed by atoms with Gasteiger partial charge in [-0.1, -0.05) is 55.1 Å². The summed E-state index contributed by atoms with van der Waals surface area (Å²) in [4.78, 5) is 12.2. The molecule has 0 unspecified atom stereocenters. The molecule has 3 aromatic rings. The monoisotopic (exact) mass is 424 g/mol. The van der Waals surface area contributed by atoms with E-state index in [-0.39, 0.29) is 24.3 Å². The molecule has 0 aliphatic rings. The summed E-state index contributed by atoms with van der Waals surface area (Å²) in [5.41, 5.74) is 3.10. The van der Waals surface area contributed by atoms with Gasteiger partial charge in [-0.25, -0.2) is 0 Å². The number of carbonyl (C=O) groups excluding carboxylic acids is 1. The summed E-state index contributed by atoms with van der Waals surface area (Å²) < 4.78 is 8.06. The van der Waals surface area contributed by atoms with Gasteiger partial charge in [0, 0.05) is 11.7 Å². The number of aryl methyl sites for hydroxylation is 2. The van der Waals surface area contributed by atoms with Gasteiger partial charge < -0.3 is 10.1 Å². The van der Waals surface area contributed by atoms with Crippen LogP contribution in [0.4, 0.5) is 0 Å². The molecule has 0 spiro atoms. The van der Waals surface area contributed by atoms with Crippen LogP contribution in [0.25, 0.3) is 5.69 Å². The Labute approximate surface area is 182 Å². The summed E-state index contributed by atoms with van der Waals surface area (Å²) in [7, 11) is 0. The van der Waals surface area contributed by atoms with Crippen molar-refractivity contribution in [1.29, 1.82) is 0 Å². The largest absolute Gasteiger partial charge is 0.485 e. The van der Waals surface area contributed by atoms with Gasteiger partial charge in [-0.05, 0) is 50.5 Å². The molecule has 0 aliphatic carbocycles. The molecule has 158 valence electrons. The van der Waals surface area contributed by atoms with Gasteiger partial charge in [-0.2, -0.15) is 0 Å². The molecule has 1 N–H and O–H groups in total. The van der Waals surface area contributed by atoms with Crippen LogP contribution in [0.2, 0.25) is 0 Å². The van der Waals surface area contributed by atoms with Crippen LogP contribution in [0.3, 0.4) is 0 Å². The maximum atomic E-state index is 12.2. The summed E-state index contributed by atoms with van der Waals surface area (Å²) in [5.74, 6) is 1.83. The SMILES string of the molecule is CC[C@H](C)NC(=O)CSc1nnc(COc2c(C)cccc2C)n1-c1ccccc1. The normalized spacial score (nSPS) is 11.9. The second kappa shape index (κ2) is 10.3. The smallest absolute Gasteiger partial charge is 0.230 e. The molecule has 1 aromatic heterocycles. The molecule has 0 radical (unpaired) electrons. The highest BCUT2D eigenvalue weighted by atomic mass is 32.2. The first kappa shape index (κ1) is 21.9. The summed E-state index contributed by atoms with van der Waals surface area (Å²) in [6, 6.07) is 16.1. The van der Waals surface area contributed by atoms with Crippen LogP contribution in [0, 0.1) is 13.8 Å². The molecule has 6 nitrogen and oxygen atoms in total. The number of aromatic nitrogens is 3. The van der Waals surface area contributed by atoms with E-state index < -0.39 is 0 Å². The van der Waals surface area contributed by atoms with Crippen molar-refractivity contribution in [2.45, 2.75) is 51.9 Å². The minimum atomic E-state index is -0.00898. The van der Waals surface area contributed by atoms with E-state index in [2.05, 4.69) is 15.5 Å². The van der Waals surface area contributed by atoms with E-state index in [0.717, 1.165) is 29.0 Å². The van der Waals surface area contributed by atoms with E-state index in [0.29, 0.717) is 11.0 Å². The van der Waals surface area contributed by atoms with Crippen molar-refractivity contribution >= 4 is 17.7 Å². The number of hydrogen-bond acceptors (Lipinski definition) is 5. The summed E-state index contributed by atoms with van der Waals surface area (Å²) in [6.45, 7) is 8.39. The van der Waals surface area contributed by atoms with Gasteiger partial charge in [-0.15, -0.1) is 10.2 Å². The third kappa shape index (κ3) is 5.42. The van der Waals surface area contributed by atoms with Crippen LogP contribution in [-0.4, -0.2) is 32.5 Å². The first-order chi connectivity index (χ1) is 14.5. The van der Waals surface area contributed by atoms with Crippen LogP contribution >= 0.6 is 11.8 Å². The van der Waals surface area contributed by atoms with E-state index in [1.54, 1.807) is 0 Å². The van der Waals surface area contributed by atoms with Gasteiger partial charge in [0.05, 0.1) is 5.75 Å². The molecule has 7 heteroatoms. The molecule has 0 saturated carbocycles. The number of rotatable bonds is 9. The minimum Gasteiger partial charge on any atom is -0.485 e. The van der Waals surface area contributed by atoms with E-state index in [1.165, 1.54) is 11.8 Å². The van der Waals surface area contributed by atoms with Crippen molar-refractivity contribution in [3.05, 3.63) is 65.5 Å². The van der Waals surface area contributed by atoms with Gasteiger partial charge >= 0.3 is 0 Å². The second-order valence-electron chi connectivity index (χ2n) is 7.24. The lowest BCUT2D eigenvalue weighted by molar-refractivity contribution is -0.119. The van der Waals surface area contributed by atoms with Crippen molar-refractivity contribution in [2.24, 2.45) is 0 Å². The first-order valence-electron chi connectivity index (χ1n) is 10.1. The highest BCUT2D eigenvalue weighted by Gasteiger charge is 2.17. The van der Waals surface area contributed by atoms with Gasteiger partial charge in [-0.3, -0.25) is 9.36 Å². The summed E-state index contributed by atoms with van der Waals surface area (Å²) in [6.07, 6.45) is 0.899. The lowest BCUT2D eigenvalue weighted by atomic mass is 10.1. The highest BCUT2D eigenvalue weighted by Crippen LogP contribution is 2.26. The van der Waals surface area contributed by atoms with E-state index in [4.69, 9.17) is 4.74 Å². The van der Waals surface area contributed by atoms with E-state index in [9.17, 15) is 4.79 Å². The van der Waals surface area contributed by atoms with Crippen molar-refractivity contribution in [2.75, 3.05) is 5.75 Å². The first-order valence-corrected chi connectivity index (χ1v) is 11.1. The Hall–Kier alpha value is -2.80. The molecule has 0 aliphatic heterocycles. The van der Waals surface area contributed by atoms with Gasteiger partial charge in [0.25, 0.3) is 0 Å². The Morgan fingerprint density at radius 2 is 1.80 bits per heavy atom. The lowest BCUT2D eigenvalue weighted by Gasteiger charge is -2.14. The molecule has 0 fully saturated rings. The van der Waals surface area contributed by atoms with Crippen LogP contribution in [-0.2, 0) is 11.4 Å². The van der Waals surface area contributed by atoms with E-state index >= 15 is 0 Å². The number of hydrogen-bond donors (Lipinski definition) is 1. The third-order valence-electron chi connectivity index (χ3n) is 4.82. The van der Waals surface area contributed by atoms with Gasteiger partial charge in [0.15, 0.2) is 11.0 Å². The van der Waals surface area contributed by atoms with E-state index in [1.807, 2.05) is 80.8 Å². The fraction of sp³-hybridized carbons (Fsp3) is 0.348. The fourth-order valence-corrected chi connectivity index (χ4v) is 3.82. The van der Waals surface area contributed by atoms with Crippen molar-refractivity contribution in [1.82, 2.24) is 20.1 Å². The Morgan fingerprint density at radius 3 is 2.47 bits per heavy atom. The fourth-order valence-electron chi connectivity index (χ4n) is 3.04. The molecule has 1 atom stereocenters. The Morgan fingerprint density at radius 1 is 1.10 bits per heavy atom. The summed E-state index contributed by atoms with van der Waals surface area (Å²) in [5, 5.41) is 12.3. The lowest BCUT2D eigenvalue weighted by Crippen LogP contribution is -2.33. The van der Waals surface area contributed by atoms with Crippen molar-refractivity contribution in [3.63, 3.8) is 0 Å². The number of thioether (sulfide) groups is 1. The number of amides is 1. The number of carbonyl (C=O) groups is 1. The number of nitrogens with one attached hydrogen (secondary N) is 1. The molecule has 1 heterocycles. The number of nitrogens with zero attached hydrogens (tertiary/aromatic N) is 3. The molecule has 2 aromatic carbocycles. The number of ether oxygens (including phenoxy) is 1. The van der Waals surface area contributed by atoms with Gasteiger partial charge in [0.1, 0.15) is 12.4 Å². The zero-order valence-electron chi connectivity index (χ0n) is 17.9. The maximum absolute atomic E-state index is 12.2. The van der Waals surface area contributed by atoms with Crippen LogP contribution in [0.15, 0.2) is 53.7 Å². The molecular weight excluding hydrogens is 396 g/mol.